The van der Waals surface area contributed by atoms with Gasteiger partial charge in [-0.15, -0.1) is 12.4 Å². The van der Waals surface area contributed by atoms with Crippen LogP contribution < -0.4 is 10.5 Å². The van der Waals surface area contributed by atoms with E-state index in [2.05, 4.69) is 25.4 Å². The predicted octanol–water partition coefficient (Wildman–Crippen LogP) is 2.45. The molecule has 0 spiro atoms. The molecule has 0 bridgehead atoms. The average Bonchev–Trinajstić information content (AvgIpc) is 2.51. The topological polar surface area (TPSA) is 98.5 Å². The number of esters is 1. The van der Waals surface area contributed by atoms with Crippen molar-refractivity contribution in [2.45, 2.75) is 37.1 Å². The van der Waals surface area contributed by atoms with E-state index in [1.165, 1.54) is 25.3 Å². The third-order valence-corrected chi connectivity index (χ3v) is 6.04. The second-order valence-corrected chi connectivity index (χ2v) is 7.62. The molecule has 0 aliphatic carbocycles. The Labute approximate surface area is 151 Å². The Hall–Kier alpha value is -0.670. The number of ether oxygens (including phenoxy) is 1. The van der Waals surface area contributed by atoms with Crippen molar-refractivity contribution < 1.29 is 17.9 Å². The molecule has 0 heterocycles. The molecule has 0 unspecified atom stereocenters. The molecule has 0 radical (unpaired) electrons. The molecule has 0 saturated carbocycles. The maximum absolute atomic E-state index is 12.4. The van der Waals surface area contributed by atoms with E-state index in [1.54, 1.807) is 0 Å². The summed E-state index contributed by atoms with van der Waals surface area (Å²) in [6, 6.07) is 4.17. The van der Waals surface area contributed by atoms with Gasteiger partial charge in [0.15, 0.2) is 0 Å². The van der Waals surface area contributed by atoms with Gasteiger partial charge in [-0.1, -0.05) is 13.8 Å². The fourth-order valence-corrected chi connectivity index (χ4v) is 3.99. The molecular weight excluding hydrogens is 408 g/mol. The van der Waals surface area contributed by atoms with Gasteiger partial charge >= 0.3 is 5.97 Å². The van der Waals surface area contributed by atoms with Crippen LogP contribution in [0.25, 0.3) is 0 Å². The first kappa shape index (κ1) is 22.3. The molecule has 0 amide bonds. The van der Waals surface area contributed by atoms with Gasteiger partial charge in [0.25, 0.3) is 0 Å². The Balaban J connectivity index is 0.00000484. The van der Waals surface area contributed by atoms with Crippen molar-refractivity contribution in [1.82, 2.24) is 4.72 Å². The number of carbonyl (C=O) groups excluding carboxylic acids is 1. The van der Waals surface area contributed by atoms with E-state index in [-0.39, 0.29) is 29.4 Å². The lowest BCUT2D eigenvalue weighted by molar-refractivity contribution is 0.0600. The molecule has 23 heavy (non-hydrogen) atoms. The Morgan fingerprint density at radius 2 is 1.91 bits per heavy atom. The highest BCUT2D eigenvalue weighted by Gasteiger charge is 2.25. The van der Waals surface area contributed by atoms with Crippen molar-refractivity contribution in [2.75, 3.05) is 13.7 Å². The fourth-order valence-electron chi connectivity index (χ4n) is 1.78. The maximum atomic E-state index is 12.4. The summed E-state index contributed by atoms with van der Waals surface area (Å²) in [7, 11) is -2.46. The molecule has 6 nitrogen and oxygen atoms in total. The largest absolute Gasteiger partial charge is 0.465 e. The summed E-state index contributed by atoms with van der Waals surface area (Å²) >= 11 is 3.18. The van der Waals surface area contributed by atoms with E-state index in [0.29, 0.717) is 17.3 Å². The molecule has 1 rings (SSSR count). The lowest BCUT2D eigenvalue weighted by Gasteiger charge is -2.26. The number of carbonyl (C=O) groups is 1. The zero-order chi connectivity index (χ0) is 17.0. The highest BCUT2D eigenvalue weighted by atomic mass is 79.9. The van der Waals surface area contributed by atoms with Crippen molar-refractivity contribution in [3.8, 4) is 0 Å². The SMILES string of the molecule is CCC(N)(CC)CNS(=O)(=O)c1ccc(C(=O)OC)cc1Br.Cl. The Morgan fingerprint density at radius 3 is 2.35 bits per heavy atom. The maximum Gasteiger partial charge on any atom is 0.337 e. The molecule has 0 saturated heterocycles. The molecule has 132 valence electrons. The minimum atomic E-state index is -3.72. The van der Waals surface area contributed by atoms with Crippen LogP contribution in [0.15, 0.2) is 27.6 Å². The van der Waals surface area contributed by atoms with Crippen LogP contribution in [-0.2, 0) is 14.8 Å². The van der Waals surface area contributed by atoms with Gasteiger partial charge in [0.05, 0.1) is 17.6 Å². The minimum absolute atomic E-state index is 0. The zero-order valence-corrected chi connectivity index (χ0v) is 16.5. The summed E-state index contributed by atoms with van der Waals surface area (Å²) in [6.07, 6.45) is 1.32. The van der Waals surface area contributed by atoms with Gasteiger partial charge in [-0.05, 0) is 47.0 Å². The van der Waals surface area contributed by atoms with Crippen molar-refractivity contribution in [1.29, 1.82) is 0 Å². The molecule has 0 aromatic heterocycles. The second-order valence-electron chi connectivity index (χ2n) is 5.03. The number of rotatable bonds is 7. The van der Waals surface area contributed by atoms with Crippen molar-refractivity contribution in [3.05, 3.63) is 28.2 Å². The molecule has 0 aliphatic rings. The van der Waals surface area contributed by atoms with Gasteiger partial charge in [0.1, 0.15) is 0 Å². The van der Waals surface area contributed by atoms with E-state index >= 15 is 0 Å². The number of benzene rings is 1. The van der Waals surface area contributed by atoms with Gasteiger partial charge in [-0.2, -0.15) is 0 Å². The molecule has 0 atom stereocenters. The number of hydrogen-bond acceptors (Lipinski definition) is 5. The van der Waals surface area contributed by atoms with Crippen LogP contribution in [0.2, 0.25) is 0 Å². The molecule has 3 N–H and O–H groups in total. The van der Waals surface area contributed by atoms with Gasteiger partial charge in [-0.25, -0.2) is 17.9 Å². The summed E-state index contributed by atoms with van der Waals surface area (Å²) in [5.74, 6) is -0.532. The first-order chi connectivity index (χ1) is 10.2. The second kappa shape index (κ2) is 8.98. The van der Waals surface area contributed by atoms with E-state index in [4.69, 9.17) is 5.73 Å². The number of methoxy groups -OCH3 is 1. The first-order valence-corrected chi connectivity index (χ1v) is 9.13. The van der Waals surface area contributed by atoms with Crippen LogP contribution in [0.4, 0.5) is 0 Å². The quantitative estimate of drug-likeness (QED) is 0.649. The van der Waals surface area contributed by atoms with Crippen LogP contribution in [0, 0.1) is 0 Å². The van der Waals surface area contributed by atoms with Crippen molar-refractivity contribution >= 4 is 44.3 Å². The van der Waals surface area contributed by atoms with E-state index < -0.39 is 21.5 Å². The van der Waals surface area contributed by atoms with Crippen LogP contribution >= 0.6 is 28.3 Å². The molecule has 1 aromatic rings. The standard InChI is InChI=1S/C14H21BrN2O4S.ClH/c1-4-14(16,5-2)9-17-22(19,20)12-7-6-10(8-11(12)15)13(18)21-3;/h6-8,17H,4-5,9,16H2,1-3H3;1H. The smallest absolute Gasteiger partial charge is 0.337 e. The normalized spacial score (nSPS) is 11.7. The number of hydrogen-bond donors (Lipinski definition) is 2. The zero-order valence-electron chi connectivity index (χ0n) is 13.3. The fraction of sp³-hybridized carbons (Fsp3) is 0.500. The summed E-state index contributed by atoms with van der Waals surface area (Å²) in [4.78, 5) is 11.5. The lowest BCUT2D eigenvalue weighted by atomic mass is 9.95. The molecule has 0 aliphatic heterocycles. The number of nitrogens with one attached hydrogen (secondary N) is 1. The van der Waals surface area contributed by atoms with Gasteiger partial charge in [0.2, 0.25) is 10.0 Å². The predicted molar refractivity (Wildman–Crippen MR) is 95.4 cm³/mol. The number of sulfonamides is 1. The monoisotopic (exact) mass is 428 g/mol. The Kier molecular flexibility index (Phi) is 8.72. The van der Waals surface area contributed by atoms with Crippen LogP contribution in [-0.4, -0.2) is 33.6 Å². The van der Waals surface area contributed by atoms with E-state index in [9.17, 15) is 13.2 Å². The molecular formula is C14H22BrClN2O4S. The van der Waals surface area contributed by atoms with Gasteiger partial charge in [0, 0.05) is 16.6 Å². The van der Waals surface area contributed by atoms with Crippen LogP contribution in [0.5, 0.6) is 0 Å². The Morgan fingerprint density at radius 1 is 1.35 bits per heavy atom. The Bertz CT molecular complexity index is 648. The first-order valence-electron chi connectivity index (χ1n) is 6.85. The highest BCUT2D eigenvalue weighted by Crippen LogP contribution is 2.24. The van der Waals surface area contributed by atoms with Crippen molar-refractivity contribution in [2.24, 2.45) is 5.73 Å². The lowest BCUT2D eigenvalue weighted by Crippen LogP contribution is -2.49. The van der Waals surface area contributed by atoms with Gasteiger partial charge < -0.3 is 10.5 Å². The van der Waals surface area contributed by atoms with Crippen LogP contribution in [0.3, 0.4) is 0 Å². The molecule has 0 fully saturated rings. The third-order valence-electron chi connectivity index (χ3n) is 3.66. The number of halogens is 2. The highest BCUT2D eigenvalue weighted by molar-refractivity contribution is 9.10. The molecule has 1 aromatic carbocycles. The average molecular weight is 430 g/mol. The third kappa shape index (κ3) is 5.72. The van der Waals surface area contributed by atoms with Crippen molar-refractivity contribution in [3.63, 3.8) is 0 Å². The van der Waals surface area contributed by atoms with E-state index in [1.807, 2.05) is 13.8 Å². The summed E-state index contributed by atoms with van der Waals surface area (Å²) in [6.45, 7) is 3.98. The minimum Gasteiger partial charge on any atom is -0.465 e. The molecule has 9 heteroatoms. The van der Waals surface area contributed by atoms with Crippen LogP contribution in [0.1, 0.15) is 37.0 Å². The van der Waals surface area contributed by atoms with Gasteiger partial charge in [-0.3, -0.25) is 0 Å². The summed E-state index contributed by atoms with van der Waals surface area (Å²) in [5, 5.41) is 0. The number of nitrogens with two attached hydrogens (primary N) is 1. The summed E-state index contributed by atoms with van der Waals surface area (Å²) < 4.78 is 32.1. The summed E-state index contributed by atoms with van der Waals surface area (Å²) in [5.41, 5.74) is 5.79. The van der Waals surface area contributed by atoms with E-state index in [0.717, 1.165) is 0 Å².